The van der Waals surface area contributed by atoms with Gasteiger partial charge < -0.3 is 14.5 Å². The first-order valence-corrected chi connectivity index (χ1v) is 13.2. The lowest BCUT2D eigenvalue weighted by atomic mass is 9.82. The van der Waals surface area contributed by atoms with E-state index < -0.39 is 16.3 Å². The number of anilines is 4. The van der Waals surface area contributed by atoms with E-state index in [9.17, 15) is 9.59 Å². The first-order chi connectivity index (χ1) is 18.2. The SMILES string of the molecule is CCOc1c(/C=C2/N(CC)c3ccc(N(c4ccc(C)cc4)c4ccc(C)cc4)cc3C2(C)C)c(=O)c1=O. The summed E-state index contributed by atoms with van der Waals surface area (Å²) in [6.45, 7) is 13.5. The molecule has 0 unspecified atom stereocenters. The molecule has 0 N–H and O–H groups in total. The zero-order chi connectivity index (χ0) is 27.2. The van der Waals surface area contributed by atoms with Crippen molar-refractivity contribution in [2.24, 2.45) is 0 Å². The number of allylic oxidation sites excluding steroid dienone is 1. The van der Waals surface area contributed by atoms with Crippen LogP contribution in [-0.4, -0.2) is 13.2 Å². The largest absolute Gasteiger partial charge is 0.489 e. The first kappa shape index (κ1) is 25.5. The van der Waals surface area contributed by atoms with Crippen molar-refractivity contribution >= 4 is 28.8 Å². The molecular formula is C33H34N2O3. The van der Waals surface area contributed by atoms with Crippen LogP contribution in [0.15, 0.2) is 82.0 Å². The molecule has 4 aromatic carbocycles. The quantitative estimate of drug-likeness (QED) is 0.255. The van der Waals surface area contributed by atoms with E-state index in [-0.39, 0.29) is 5.75 Å². The first-order valence-electron chi connectivity index (χ1n) is 13.2. The summed E-state index contributed by atoms with van der Waals surface area (Å²) in [5, 5.41) is 0. The normalized spacial score (nSPS) is 15.2. The lowest BCUT2D eigenvalue weighted by Crippen LogP contribution is -2.36. The Morgan fingerprint density at radius 1 is 0.816 bits per heavy atom. The van der Waals surface area contributed by atoms with Crippen molar-refractivity contribution in [2.45, 2.75) is 47.0 Å². The average molecular weight is 507 g/mol. The highest BCUT2D eigenvalue weighted by Crippen LogP contribution is 2.50. The van der Waals surface area contributed by atoms with E-state index >= 15 is 0 Å². The number of likely N-dealkylation sites (N-methyl/N-ethyl adjacent to an activating group) is 1. The Labute approximate surface area is 224 Å². The van der Waals surface area contributed by atoms with Crippen LogP contribution in [0.3, 0.4) is 0 Å². The number of nitrogens with zero attached hydrogens (tertiary/aromatic N) is 2. The molecule has 0 fully saturated rings. The Balaban J connectivity index is 1.64. The summed E-state index contributed by atoms with van der Waals surface area (Å²) in [5.74, 6) is 0.179. The van der Waals surface area contributed by atoms with E-state index in [4.69, 9.17) is 4.74 Å². The van der Waals surface area contributed by atoms with Gasteiger partial charge in [-0.25, -0.2) is 0 Å². The molecule has 5 nitrogen and oxygen atoms in total. The molecule has 0 atom stereocenters. The maximum atomic E-state index is 12.5. The van der Waals surface area contributed by atoms with E-state index in [0.29, 0.717) is 12.2 Å². The van der Waals surface area contributed by atoms with Gasteiger partial charge in [0, 0.05) is 40.4 Å². The minimum atomic E-state index is -0.538. The molecule has 0 spiro atoms. The van der Waals surface area contributed by atoms with Crippen LogP contribution in [0.2, 0.25) is 0 Å². The standard InChI is InChI=1S/C33H34N2O3/c1-7-34-28-18-17-25(35(23-13-9-21(3)10-14-23)24-15-11-22(4)12-16-24)19-27(28)33(5,6)29(34)20-26-30(36)31(37)32(26)38-8-2/h9-20H,7-8H2,1-6H3/b29-20+. The van der Waals surface area contributed by atoms with Crippen molar-refractivity contribution in [3.8, 4) is 5.75 Å². The minimum absolute atomic E-state index is 0.179. The van der Waals surface area contributed by atoms with E-state index in [2.05, 4.69) is 111 Å². The predicted octanol–water partition coefficient (Wildman–Crippen LogP) is 6.93. The van der Waals surface area contributed by atoms with Crippen LogP contribution < -0.4 is 25.4 Å². The molecule has 5 rings (SSSR count). The molecule has 0 radical (unpaired) electrons. The Bertz CT molecular complexity index is 1540. The maximum Gasteiger partial charge on any atom is 0.268 e. The average Bonchev–Trinajstić information content (AvgIpc) is 3.13. The number of ether oxygens (including phenoxy) is 1. The van der Waals surface area contributed by atoms with Crippen molar-refractivity contribution < 1.29 is 4.74 Å². The number of benzene rings is 3. The molecule has 1 aliphatic rings. The zero-order valence-corrected chi connectivity index (χ0v) is 23.0. The number of hydrogen-bond acceptors (Lipinski definition) is 5. The van der Waals surface area contributed by atoms with Gasteiger partial charge in [0.15, 0.2) is 5.75 Å². The lowest BCUT2D eigenvalue weighted by molar-refractivity contribution is 0.332. The summed E-state index contributed by atoms with van der Waals surface area (Å²) in [6, 6.07) is 23.7. The summed E-state index contributed by atoms with van der Waals surface area (Å²) >= 11 is 0. The second-order valence-corrected chi connectivity index (χ2v) is 10.4. The molecule has 38 heavy (non-hydrogen) atoms. The summed E-state index contributed by atoms with van der Waals surface area (Å²) in [6.07, 6.45) is 1.86. The van der Waals surface area contributed by atoms with Crippen LogP contribution in [0.25, 0.3) is 6.08 Å². The van der Waals surface area contributed by atoms with Crippen LogP contribution in [0, 0.1) is 13.8 Å². The predicted molar refractivity (Wildman–Crippen MR) is 157 cm³/mol. The Kier molecular flexibility index (Phi) is 6.47. The molecule has 194 valence electrons. The fourth-order valence-electron chi connectivity index (χ4n) is 5.38. The molecule has 5 heteroatoms. The molecule has 1 heterocycles. The van der Waals surface area contributed by atoms with Gasteiger partial charge in [-0.05, 0) is 81.8 Å². The second kappa shape index (κ2) is 9.64. The van der Waals surface area contributed by atoms with Gasteiger partial charge in [-0.2, -0.15) is 0 Å². The van der Waals surface area contributed by atoms with E-state index in [1.807, 2.05) is 13.0 Å². The molecule has 0 aromatic heterocycles. The van der Waals surface area contributed by atoms with Crippen LogP contribution in [0.1, 0.15) is 49.9 Å². The van der Waals surface area contributed by atoms with Crippen LogP contribution in [0.4, 0.5) is 22.7 Å². The summed E-state index contributed by atoms with van der Waals surface area (Å²) < 4.78 is 5.50. The van der Waals surface area contributed by atoms with Crippen LogP contribution in [0.5, 0.6) is 5.75 Å². The molecular weight excluding hydrogens is 472 g/mol. The van der Waals surface area contributed by atoms with Crippen molar-refractivity contribution in [1.29, 1.82) is 0 Å². The number of aryl methyl sites for hydroxylation is 2. The maximum absolute atomic E-state index is 12.5. The molecule has 1 aliphatic heterocycles. The molecule has 0 aliphatic carbocycles. The molecule has 0 bridgehead atoms. The Morgan fingerprint density at radius 3 is 1.89 bits per heavy atom. The topological polar surface area (TPSA) is 49.9 Å². The van der Waals surface area contributed by atoms with E-state index in [0.717, 1.165) is 35.0 Å². The molecule has 0 saturated carbocycles. The van der Waals surface area contributed by atoms with Crippen molar-refractivity contribution in [2.75, 3.05) is 23.0 Å². The fourth-order valence-corrected chi connectivity index (χ4v) is 5.38. The molecule has 4 aromatic rings. The van der Waals surface area contributed by atoms with Crippen molar-refractivity contribution in [3.05, 3.63) is 115 Å². The van der Waals surface area contributed by atoms with Crippen molar-refractivity contribution in [3.63, 3.8) is 0 Å². The fraction of sp³-hybridized carbons (Fsp3) is 0.273. The smallest absolute Gasteiger partial charge is 0.268 e. The van der Waals surface area contributed by atoms with E-state index in [1.54, 1.807) is 0 Å². The van der Waals surface area contributed by atoms with Crippen LogP contribution in [-0.2, 0) is 5.41 Å². The molecule has 0 amide bonds. The Morgan fingerprint density at radius 2 is 1.37 bits per heavy atom. The third kappa shape index (κ3) is 4.12. The van der Waals surface area contributed by atoms with Gasteiger partial charge >= 0.3 is 0 Å². The molecule has 0 saturated heterocycles. The highest BCUT2D eigenvalue weighted by atomic mass is 16.5. The van der Waals surface area contributed by atoms with Gasteiger partial charge in [0.05, 0.1) is 12.2 Å². The summed E-state index contributed by atoms with van der Waals surface area (Å²) in [5.41, 5.74) is 7.88. The van der Waals surface area contributed by atoms with E-state index in [1.165, 1.54) is 16.7 Å². The lowest BCUT2D eigenvalue weighted by Gasteiger charge is -2.28. The minimum Gasteiger partial charge on any atom is -0.489 e. The van der Waals surface area contributed by atoms with Gasteiger partial charge in [-0.15, -0.1) is 0 Å². The number of fused-ring (bicyclic) bond motifs is 1. The Hall–Kier alpha value is -4.12. The highest BCUT2D eigenvalue weighted by Gasteiger charge is 2.41. The van der Waals surface area contributed by atoms with Gasteiger partial charge in [-0.1, -0.05) is 49.2 Å². The van der Waals surface area contributed by atoms with Gasteiger partial charge in [-0.3, -0.25) is 9.59 Å². The number of hydrogen-bond donors (Lipinski definition) is 0. The number of rotatable bonds is 7. The summed E-state index contributed by atoms with van der Waals surface area (Å²) in [7, 11) is 0. The zero-order valence-electron chi connectivity index (χ0n) is 23.0. The second-order valence-electron chi connectivity index (χ2n) is 10.4. The monoisotopic (exact) mass is 506 g/mol. The summed E-state index contributed by atoms with van der Waals surface area (Å²) in [4.78, 5) is 29.1. The highest BCUT2D eigenvalue weighted by molar-refractivity contribution is 5.83. The van der Waals surface area contributed by atoms with Crippen LogP contribution >= 0.6 is 0 Å². The van der Waals surface area contributed by atoms with Gasteiger partial charge in [0.1, 0.15) is 0 Å². The van der Waals surface area contributed by atoms with Gasteiger partial charge in [0.25, 0.3) is 5.43 Å². The van der Waals surface area contributed by atoms with Crippen molar-refractivity contribution in [1.82, 2.24) is 0 Å². The third-order valence-electron chi connectivity index (χ3n) is 7.51. The van der Waals surface area contributed by atoms with Gasteiger partial charge in [0.2, 0.25) is 5.43 Å². The third-order valence-corrected chi connectivity index (χ3v) is 7.51.